The molecule has 0 aliphatic heterocycles. The van der Waals surface area contributed by atoms with Crippen LogP contribution in [0.15, 0.2) is 11.4 Å². The fourth-order valence-electron chi connectivity index (χ4n) is 1.04. The molecule has 1 aromatic rings. The molecule has 0 unspecified atom stereocenters. The number of aryl methyl sites for hydroxylation is 1. The normalized spacial score (nSPS) is 9.73. The van der Waals surface area contributed by atoms with Crippen LogP contribution in [0.3, 0.4) is 0 Å². The first-order chi connectivity index (χ1) is 7.04. The van der Waals surface area contributed by atoms with Gasteiger partial charge in [-0.2, -0.15) is 0 Å². The van der Waals surface area contributed by atoms with Crippen LogP contribution >= 0.6 is 23.6 Å². The molecule has 4 nitrogen and oxygen atoms in total. The number of thiophene rings is 1. The third kappa shape index (κ3) is 3.17. The number of hydrogen-bond donors (Lipinski definition) is 2. The number of hydrazine groups is 1. The van der Waals surface area contributed by atoms with Gasteiger partial charge in [-0.05, 0) is 32.1 Å². The molecule has 0 bridgehead atoms. The van der Waals surface area contributed by atoms with Crippen molar-refractivity contribution in [2.45, 2.75) is 13.8 Å². The van der Waals surface area contributed by atoms with Gasteiger partial charge in [0.1, 0.15) is 0 Å². The lowest BCUT2D eigenvalue weighted by Crippen LogP contribution is -2.48. The Morgan fingerprint density at radius 2 is 2.40 bits per heavy atom. The summed E-state index contributed by atoms with van der Waals surface area (Å²) in [6.45, 7) is 4.36. The van der Waals surface area contributed by atoms with E-state index in [0.29, 0.717) is 12.1 Å². The van der Waals surface area contributed by atoms with Gasteiger partial charge in [-0.1, -0.05) is 0 Å². The average molecular weight is 243 g/mol. The molecule has 0 atom stereocenters. The van der Waals surface area contributed by atoms with Gasteiger partial charge in [0.25, 0.3) is 5.91 Å². The van der Waals surface area contributed by atoms with Gasteiger partial charge >= 0.3 is 0 Å². The Morgan fingerprint density at radius 3 is 2.80 bits per heavy atom. The molecular formula is C9H13N3OS2. The summed E-state index contributed by atoms with van der Waals surface area (Å²) in [6.07, 6.45) is 0. The van der Waals surface area contributed by atoms with Crippen LogP contribution in [0.2, 0.25) is 0 Å². The highest BCUT2D eigenvalue weighted by atomic mass is 32.1. The van der Waals surface area contributed by atoms with Gasteiger partial charge in [-0.25, -0.2) is 0 Å². The first kappa shape index (κ1) is 11.9. The quantitative estimate of drug-likeness (QED) is 0.606. The zero-order valence-electron chi connectivity index (χ0n) is 8.61. The Balaban J connectivity index is 2.66. The van der Waals surface area contributed by atoms with Crippen LogP contribution in [-0.2, 0) is 0 Å². The van der Waals surface area contributed by atoms with Crippen molar-refractivity contribution in [3.63, 3.8) is 0 Å². The van der Waals surface area contributed by atoms with E-state index in [-0.39, 0.29) is 11.0 Å². The molecule has 0 saturated carbocycles. The summed E-state index contributed by atoms with van der Waals surface area (Å²) in [6, 6.07) is 1.83. The monoisotopic (exact) mass is 243 g/mol. The predicted molar refractivity (Wildman–Crippen MR) is 65.7 cm³/mol. The van der Waals surface area contributed by atoms with Crippen molar-refractivity contribution >= 4 is 34.6 Å². The van der Waals surface area contributed by atoms with E-state index in [1.807, 2.05) is 19.9 Å². The summed E-state index contributed by atoms with van der Waals surface area (Å²) in [5, 5.41) is 3.40. The number of amides is 1. The van der Waals surface area contributed by atoms with Crippen LogP contribution in [0.25, 0.3) is 0 Å². The Bertz CT molecular complexity index is 375. The van der Waals surface area contributed by atoms with Crippen LogP contribution in [0.4, 0.5) is 0 Å². The van der Waals surface area contributed by atoms with Crippen LogP contribution < -0.4 is 11.2 Å². The second-order valence-electron chi connectivity index (χ2n) is 2.97. The number of nitrogens with zero attached hydrogens (tertiary/aromatic N) is 1. The molecule has 1 amide bonds. The number of thiocarbonyl (C=S) groups is 1. The molecule has 3 N–H and O–H groups in total. The van der Waals surface area contributed by atoms with Gasteiger partial charge in [0.15, 0.2) is 5.11 Å². The summed E-state index contributed by atoms with van der Waals surface area (Å²) in [5.41, 5.74) is 8.69. The maximum Gasteiger partial charge on any atom is 0.270 e. The number of carbonyl (C=O) groups is 1. The van der Waals surface area contributed by atoms with E-state index in [1.165, 1.54) is 16.3 Å². The third-order valence-corrected chi connectivity index (χ3v) is 2.89. The molecule has 0 aliphatic carbocycles. The smallest absolute Gasteiger partial charge is 0.270 e. The molecule has 1 rings (SSSR count). The Morgan fingerprint density at radius 1 is 1.73 bits per heavy atom. The minimum atomic E-state index is -0.186. The zero-order valence-corrected chi connectivity index (χ0v) is 10.2. The number of nitrogens with one attached hydrogen (secondary N) is 1. The highest BCUT2D eigenvalue weighted by Gasteiger charge is 2.11. The first-order valence-electron chi connectivity index (χ1n) is 4.47. The summed E-state index contributed by atoms with van der Waals surface area (Å²) in [5.74, 6) is -0.186. The maximum atomic E-state index is 11.7. The molecule has 1 aromatic heterocycles. The van der Waals surface area contributed by atoms with Crippen molar-refractivity contribution < 1.29 is 4.79 Å². The Labute approximate surface area is 98.0 Å². The minimum Gasteiger partial charge on any atom is -0.375 e. The lowest BCUT2D eigenvalue weighted by atomic mass is 10.3. The van der Waals surface area contributed by atoms with Gasteiger partial charge in [-0.15, -0.1) is 11.3 Å². The highest BCUT2D eigenvalue weighted by molar-refractivity contribution is 7.80. The van der Waals surface area contributed by atoms with Crippen molar-refractivity contribution in [2.75, 3.05) is 6.54 Å². The third-order valence-electron chi connectivity index (χ3n) is 1.81. The van der Waals surface area contributed by atoms with Crippen molar-refractivity contribution in [1.82, 2.24) is 10.4 Å². The molecule has 82 valence electrons. The minimum absolute atomic E-state index is 0.165. The molecular weight excluding hydrogens is 230 g/mol. The highest BCUT2D eigenvalue weighted by Crippen LogP contribution is 2.12. The number of carbonyl (C=O) groups excluding carboxylic acids is 1. The van der Waals surface area contributed by atoms with Gasteiger partial charge < -0.3 is 5.73 Å². The fourth-order valence-corrected chi connectivity index (χ4v) is 1.90. The summed E-state index contributed by atoms with van der Waals surface area (Å²) < 4.78 is 0. The molecule has 6 heteroatoms. The molecule has 0 radical (unpaired) electrons. The van der Waals surface area contributed by atoms with Gasteiger partial charge in [0.05, 0.1) is 5.56 Å². The Kier molecular flexibility index (Phi) is 4.05. The zero-order chi connectivity index (χ0) is 11.4. The summed E-state index contributed by atoms with van der Waals surface area (Å²) in [4.78, 5) is 12.8. The van der Waals surface area contributed by atoms with Crippen LogP contribution in [0.5, 0.6) is 0 Å². The van der Waals surface area contributed by atoms with Crippen LogP contribution in [-0.4, -0.2) is 22.6 Å². The molecule has 0 aliphatic rings. The van der Waals surface area contributed by atoms with Gasteiger partial charge in [0, 0.05) is 16.8 Å². The van der Waals surface area contributed by atoms with E-state index >= 15 is 0 Å². The first-order valence-corrected chi connectivity index (χ1v) is 5.76. The van der Waals surface area contributed by atoms with E-state index in [1.54, 1.807) is 5.38 Å². The second kappa shape index (κ2) is 5.09. The standard InChI is InChI=1S/C9H13N3OS2/c1-3-12(9(10)14)11-8(13)7-4-6(2)15-5-7/h4-5H,3H2,1-2H3,(H2,10,14)(H,11,13). The average Bonchev–Trinajstić information content (AvgIpc) is 2.60. The van der Waals surface area contributed by atoms with Gasteiger partial charge in [0.2, 0.25) is 0 Å². The second-order valence-corrected chi connectivity index (χ2v) is 4.50. The van der Waals surface area contributed by atoms with Crippen molar-refractivity contribution in [3.05, 3.63) is 21.9 Å². The molecule has 0 fully saturated rings. The predicted octanol–water partition coefficient (Wildman–Crippen LogP) is 1.27. The Hall–Kier alpha value is -1.14. The van der Waals surface area contributed by atoms with Crippen molar-refractivity contribution in [2.24, 2.45) is 5.73 Å². The van der Waals surface area contributed by atoms with E-state index in [4.69, 9.17) is 18.0 Å². The molecule has 0 aromatic carbocycles. The van der Waals surface area contributed by atoms with Gasteiger partial charge in [-0.3, -0.25) is 15.2 Å². The maximum absolute atomic E-state index is 11.7. The van der Waals surface area contributed by atoms with E-state index in [2.05, 4.69) is 5.43 Å². The van der Waals surface area contributed by atoms with Crippen molar-refractivity contribution in [3.8, 4) is 0 Å². The lowest BCUT2D eigenvalue weighted by Gasteiger charge is -2.20. The number of rotatable bonds is 2. The molecule has 0 saturated heterocycles. The van der Waals surface area contributed by atoms with Crippen LogP contribution in [0, 0.1) is 6.92 Å². The van der Waals surface area contributed by atoms with E-state index in [0.717, 1.165) is 4.88 Å². The van der Waals surface area contributed by atoms with Crippen LogP contribution in [0.1, 0.15) is 22.2 Å². The lowest BCUT2D eigenvalue weighted by molar-refractivity contribution is 0.0875. The summed E-state index contributed by atoms with van der Waals surface area (Å²) in [7, 11) is 0. The SMILES string of the molecule is CCN(NC(=O)c1csc(C)c1)C(N)=S. The largest absolute Gasteiger partial charge is 0.375 e. The number of nitrogens with two attached hydrogens (primary N) is 1. The summed E-state index contributed by atoms with van der Waals surface area (Å²) >= 11 is 6.31. The molecule has 0 spiro atoms. The topological polar surface area (TPSA) is 58.4 Å². The van der Waals surface area contributed by atoms with E-state index < -0.39 is 0 Å². The van der Waals surface area contributed by atoms with E-state index in [9.17, 15) is 4.79 Å². The van der Waals surface area contributed by atoms with Crippen molar-refractivity contribution in [1.29, 1.82) is 0 Å². The molecule has 15 heavy (non-hydrogen) atoms. The fraction of sp³-hybridized carbons (Fsp3) is 0.333. The number of hydrogen-bond acceptors (Lipinski definition) is 3. The molecule has 1 heterocycles.